The summed E-state index contributed by atoms with van der Waals surface area (Å²) < 4.78 is 2.37. The topological polar surface area (TPSA) is 6.25 Å². The van der Waals surface area contributed by atoms with Crippen molar-refractivity contribution in [3.63, 3.8) is 0 Å². The smallest absolute Gasteiger partial charge is 0.210 e. The molecular formula is C41H41N2+. The Labute approximate surface area is 256 Å². The van der Waals surface area contributed by atoms with E-state index in [9.17, 15) is 0 Å². The molecule has 2 heteroatoms. The van der Waals surface area contributed by atoms with Crippen molar-refractivity contribution in [3.05, 3.63) is 143 Å². The Bertz CT molecular complexity index is 1990. The number of likely N-dealkylation sites (N-methyl/N-ethyl adjacent to an activating group) is 1. The first kappa shape index (κ1) is 27.4. The van der Waals surface area contributed by atoms with Gasteiger partial charge in [0.1, 0.15) is 7.05 Å². The fraction of sp³-hybridized carbons (Fsp3) is 0.244. The maximum absolute atomic E-state index is 2.37. The molecule has 0 spiro atoms. The summed E-state index contributed by atoms with van der Waals surface area (Å²) in [7, 11) is 4.40. The van der Waals surface area contributed by atoms with Gasteiger partial charge in [-0.1, -0.05) is 98.8 Å². The second kappa shape index (κ2) is 10.1. The second-order valence-electron chi connectivity index (χ2n) is 13.3. The highest BCUT2D eigenvalue weighted by atomic mass is 15.2. The molecule has 2 nitrogen and oxygen atoms in total. The molecular weight excluding hydrogens is 520 g/mol. The lowest BCUT2D eigenvalue weighted by Gasteiger charge is -2.24. The van der Waals surface area contributed by atoms with Crippen molar-refractivity contribution in [1.29, 1.82) is 0 Å². The molecule has 0 saturated heterocycles. The van der Waals surface area contributed by atoms with E-state index in [1.807, 2.05) is 0 Å². The summed E-state index contributed by atoms with van der Waals surface area (Å²) >= 11 is 0. The minimum absolute atomic E-state index is 0.0556. The number of fused-ring (bicyclic) bond motifs is 6. The van der Waals surface area contributed by atoms with Crippen LogP contribution in [0.1, 0.15) is 51.7 Å². The number of hydrogen-bond donors (Lipinski definition) is 0. The van der Waals surface area contributed by atoms with E-state index >= 15 is 0 Å². The van der Waals surface area contributed by atoms with E-state index < -0.39 is 0 Å². The normalized spacial score (nSPS) is 20.9. The van der Waals surface area contributed by atoms with Crippen LogP contribution in [0, 0.1) is 0 Å². The predicted molar refractivity (Wildman–Crippen MR) is 185 cm³/mol. The zero-order valence-corrected chi connectivity index (χ0v) is 26.3. The molecule has 7 rings (SSSR count). The monoisotopic (exact) mass is 561 g/mol. The van der Waals surface area contributed by atoms with Crippen molar-refractivity contribution in [1.82, 2.24) is 0 Å². The Morgan fingerprint density at radius 2 is 1.35 bits per heavy atom. The van der Waals surface area contributed by atoms with Gasteiger partial charge in [0.15, 0.2) is 5.71 Å². The Balaban J connectivity index is 1.10. The van der Waals surface area contributed by atoms with Gasteiger partial charge in [-0.25, -0.2) is 0 Å². The molecule has 214 valence electrons. The molecule has 0 atom stereocenters. The summed E-state index contributed by atoms with van der Waals surface area (Å²) in [6, 6.07) is 26.6. The van der Waals surface area contributed by atoms with Crippen molar-refractivity contribution in [2.45, 2.75) is 51.4 Å². The van der Waals surface area contributed by atoms with E-state index in [1.54, 1.807) is 0 Å². The fourth-order valence-electron chi connectivity index (χ4n) is 7.85. The number of allylic oxidation sites excluding steroid dienone is 10. The summed E-state index contributed by atoms with van der Waals surface area (Å²) in [6.45, 7) is 9.41. The highest BCUT2D eigenvalue weighted by molar-refractivity contribution is 6.07. The van der Waals surface area contributed by atoms with Crippen LogP contribution >= 0.6 is 0 Å². The van der Waals surface area contributed by atoms with Crippen LogP contribution in [0.3, 0.4) is 0 Å². The highest BCUT2D eigenvalue weighted by Crippen LogP contribution is 2.50. The minimum atomic E-state index is -0.0556. The lowest BCUT2D eigenvalue weighted by molar-refractivity contribution is -0.401. The van der Waals surface area contributed by atoms with Crippen LogP contribution in [0.15, 0.2) is 132 Å². The van der Waals surface area contributed by atoms with Gasteiger partial charge in [0.2, 0.25) is 5.69 Å². The van der Waals surface area contributed by atoms with Gasteiger partial charge in [-0.3, -0.25) is 0 Å². The second-order valence-corrected chi connectivity index (χ2v) is 13.3. The molecule has 0 aromatic heterocycles. The lowest BCUT2D eigenvalue weighted by atomic mass is 9.79. The fourth-order valence-corrected chi connectivity index (χ4v) is 7.85. The number of nitrogens with zero attached hydrogens (tertiary/aromatic N) is 2. The summed E-state index contributed by atoms with van der Waals surface area (Å²) in [5.41, 5.74) is 10.8. The van der Waals surface area contributed by atoms with E-state index in [0.29, 0.717) is 0 Å². The molecule has 0 bridgehead atoms. The maximum atomic E-state index is 2.37. The SMILES string of the molecule is CN1/C(=C/C=C/C2=CC(=C/C=C/C3=[N+](C)c4ccc5ccccc5c4C3(C)C)/CC2)C(C)(C)c2c1ccc1ccccc21. The van der Waals surface area contributed by atoms with Gasteiger partial charge < -0.3 is 4.90 Å². The Kier molecular flexibility index (Phi) is 6.43. The van der Waals surface area contributed by atoms with Gasteiger partial charge in [0.25, 0.3) is 0 Å². The van der Waals surface area contributed by atoms with Crippen LogP contribution in [0.25, 0.3) is 21.5 Å². The third-order valence-electron chi connectivity index (χ3n) is 9.99. The first-order valence-corrected chi connectivity index (χ1v) is 15.5. The average Bonchev–Trinajstić information content (AvgIpc) is 3.59. The van der Waals surface area contributed by atoms with Gasteiger partial charge in [-0.2, -0.15) is 4.58 Å². The Morgan fingerprint density at radius 3 is 2.09 bits per heavy atom. The van der Waals surface area contributed by atoms with E-state index in [1.165, 1.54) is 66.6 Å². The third kappa shape index (κ3) is 4.35. The number of rotatable bonds is 4. The first-order chi connectivity index (χ1) is 20.7. The Hall–Kier alpha value is -4.43. The van der Waals surface area contributed by atoms with Crippen LogP contribution in [-0.2, 0) is 10.8 Å². The summed E-state index contributed by atoms with van der Waals surface area (Å²) in [4.78, 5) is 2.37. The zero-order chi connectivity index (χ0) is 29.9. The van der Waals surface area contributed by atoms with Crippen molar-refractivity contribution in [3.8, 4) is 0 Å². The van der Waals surface area contributed by atoms with Crippen molar-refractivity contribution in [2.24, 2.45) is 0 Å². The molecule has 2 aliphatic heterocycles. The van der Waals surface area contributed by atoms with Crippen molar-refractivity contribution in [2.75, 3.05) is 19.0 Å². The summed E-state index contributed by atoms with van der Waals surface area (Å²) in [6.07, 6.45) is 18.3. The third-order valence-corrected chi connectivity index (χ3v) is 9.99. The molecule has 0 saturated carbocycles. The van der Waals surface area contributed by atoms with Crippen LogP contribution in [-0.4, -0.2) is 24.4 Å². The van der Waals surface area contributed by atoms with Gasteiger partial charge in [-0.15, -0.1) is 0 Å². The van der Waals surface area contributed by atoms with Crippen LogP contribution < -0.4 is 4.90 Å². The largest absolute Gasteiger partial charge is 0.347 e. The maximum Gasteiger partial charge on any atom is 0.210 e. The Morgan fingerprint density at radius 1 is 0.698 bits per heavy atom. The molecule has 1 aliphatic carbocycles. The molecule has 43 heavy (non-hydrogen) atoms. The van der Waals surface area contributed by atoms with Gasteiger partial charge in [-0.05, 0) is 83.2 Å². The summed E-state index contributed by atoms with van der Waals surface area (Å²) in [5.74, 6) is 0. The number of benzene rings is 4. The minimum Gasteiger partial charge on any atom is -0.347 e. The average molecular weight is 562 g/mol. The van der Waals surface area contributed by atoms with E-state index in [0.717, 1.165) is 12.8 Å². The van der Waals surface area contributed by atoms with Crippen LogP contribution in [0.2, 0.25) is 0 Å². The predicted octanol–water partition coefficient (Wildman–Crippen LogP) is 10.1. The standard InChI is InChI=1S/C41H41N2/c1-40(2)36(42(5)34-25-23-30-15-7-9-17-32(30)38(34)40)19-11-13-28-21-22-29(27-28)14-12-20-37-41(3,4)39-33-18-10-8-16-31(33)24-26-35(39)43(37)6/h7-20,23-27H,21-22H2,1-6H3/q+1. The van der Waals surface area contributed by atoms with Crippen molar-refractivity contribution < 1.29 is 4.58 Å². The molecule has 4 aromatic rings. The molecule has 0 N–H and O–H groups in total. The molecule has 2 heterocycles. The van der Waals surface area contributed by atoms with Crippen LogP contribution in [0.4, 0.5) is 11.4 Å². The zero-order valence-electron chi connectivity index (χ0n) is 26.3. The molecule has 3 aliphatic rings. The van der Waals surface area contributed by atoms with E-state index in [-0.39, 0.29) is 10.8 Å². The molecule has 4 aromatic carbocycles. The van der Waals surface area contributed by atoms with Gasteiger partial charge >= 0.3 is 0 Å². The highest BCUT2D eigenvalue weighted by Gasteiger charge is 2.44. The molecule has 0 amide bonds. The molecule has 0 unspecified atom stereocenters. The van der Waals surface area contributed by atoms with Gasteiger partial charge in [0, 0.05) is 41.6 Å². The quantitative estimate of drug-likeness (QED) is 0.225. The van der Waals surface area contributed by atoms with E-state index in [4.69, 9.17) is 0 Å². The van der Waals surface area contributed by atoms with E-state index in [2.05, 4.69) is 167 Å². The lowest BCUT2D eigenvalue weighted by Crippen LogP contribution is -2.26. The first-order valence-electron chi connectivity index (χ1n) is 15.5. The summed E-state index contributed by atoms with van der Waals surface area (Å²) in [5, 5.41) is 5.33. The van der Waals surface area contributed by atoms with Crippen molar-refractivity contribution >= 4 is 38.6 Å². The molecule has 0 radical (unpaired) electrons. The number of anilines is 1. The number of hydrogen-bond acceptors (Lipinski definition) is 1. The van der Waals surface area contributed by atoms with Gasteiger partial charge in [0.05, 0.1) is 5.41 Å². The van der Waals surface area contributed by atoms with Crippen LogP contribution in [0.5, 0.6) is 0 Å². The molecule has 0 fully saturated rings.